The molecule has 0 aliphatic heterocycles. The first-order valence-corrected chi connectivity index (χ1v) is 7.61. The highest BCUT2D eigenvalue weighted by Crippen LogP contribution is 2.28. The number of allylic oxidation sites excluding steroid dienone is 2. The van der Waals surface area contributed by atoms with Gasteiger partial charge in [-0.2, -0.15) is 5.10 Å². The van der Waals surface area contributed by atoms with Crippen LogP contribution in [0.3, 0.4) is 0 Å². The van der Waals surface area contributed by atoms with Crippen molar-refractivity contribution in [3.63, 3.8) is 0 Å². The summed E-state index contributed by atoms with van der Waals surface area (Å²) in [5.41, 5.74) is 1.81. The molecule has 0 aromatic heterocycles. The molecule has 1 atom stereocenters. The van der Waals surface area contributed by atoms with E-state index in [1.54, 1.807) is 6.08 Å². The average Bonchev–Trinajstić information content (AvgIpc) is 2.58. The molecule has 9 nitrogen and oxygen atoms in total. The summed E-state index contributed by atoms with van der Waals surface area (Å²) >= 11 is 0. The summed E-state index contributed by atoms with van der Waals surface area (Å²) < 4.78 is 5.50. The summed E-state index contributed by atoms with van der Waals surface area (Å²) in [6, 6.07) is 3.30. The molecule has 0 radical (unpaired) electrons. The Labute approximate surface area is 145 Å². The molecule has 0 saturated heterocycles. The third-order valence-electron chi connectivity index (χ3n) is 3.03. The van der Waals surface area contributed by atoms with Crippen molar-refractivity contribution in [1.82, 2.24) is 0 Å². The number of benzene rings is 1. The summed E-state index contributed by atoms with van der Waals surface area (Å²) in [7, 11) is 0. The minimum absolute atomic E-state index is 0.0108. The van der Waals surface area contributed by atoms with Gasteiger partial charge in [-0.25, -0.2) is 0 Å². The average molecular weight is 348 g/mol. The van der Waals surface area contributed by atoms with Crippen LogP contribution in [0, 0.1) is 20.2 Å². The number of anilines is 1. The van der Waals surface area contributed by atoms with Gasteiger partial charge in [0.25, 0.3) is 5.69 Å². The highest BCUT2D eigenvalue weighted by Gasteiger charge is 2.18. The van der Waals surface area contributed by atoms with Gasteiger partial charge in [-0.15, -0.1) is 0 Å². The SMILES string of the molecule is C/C=C/[C@H](C/C=C/C=N\Nc1ccc([N+](=O)[O-])cc1[N+](=O)[O-])OCC. The number of nitro benzene ring substituents is 2. The van der Waals surface area contributed by atoms with Gasteiger partial charge in [0.15, 0.2) is 0 Å². The summed E-state index contributed by atoms with van der Waals surface area (Å²) in [5, 5.41) is 25.5. The Morgan fingerprint density at radius 2 is 2.08 bits per heavy atom. The van der Waals surface area contributed by atoms with E-state index in [9.17, 15) is 20.2 Å². The molecule has 0 aliphatic carbocycles. The standard InChI is InChI=1S/C16H20N4O5/c1-3-7-14(25-4-2)8-5-6-11-17-18-15-10-9-13(19(21)22)12-16(15)20(23)24/h3,5-7,9-12,14,18H,4,8H2,1-2H3/b6-5+,7-3+,17-11-/t14-/m1/s1. The van der Waals surface area contributed by atoms with Gasteiger partial charge in [-0.05, 0) is 32.4 Å². The molecule has 0 fully saturated rings. The minimum atomic E-state index is -0.704. The highest BCUT2D eigenvalue weighted by molar-refractivity contribution is 5.73. The lowest BCUT2D eigenvalue weighted by Crippen LogP contribution is -2.07. The van der Waals surface area contributed by atoms with Crippen LogP contribution in [-0.2, 0) is 4.74 Å². The highest BCUT2D eigenvalue weighted by atomic mass is 16.6. The van der Waals surface area contributed by atoms with Gasteiger partial charge < -0.3 is 4.74 Å². The van der Waals surface area contributed by atoms with Crippen molar-refractivity contribution in [1.29, 1.82) is 0 Å². The molecular weight excluding hydrogens is 328 g/mol. The second-order valence-electron chi connectivity index (χ2n) is 4.79. The topological polar surface area (TPSA) is 120 Å². The third-order valence-corrected chi connectivity index (χ3v) is 3.03. The van der Waals surface area contributed by atoms with Crippen molar-refractivity contribution in [3.8, 4) is 0 Å². The molecule has 9 heteroatoms. The lowest BCUT2D eigenvalue weighted by Gasteiger charge is -2.09. The number of hydrogen-bond acceptors (Lipinski definition) is 7. The van der Waals surface area contributed by atoms with Crippen molar-refractivity contribution in [2.75, 3.05) is 12.0 Å². The van der Waals surface area contributed by atoms with E-state index in [4.69, 9.17) is 4.74 Å². The zero-order chi connectivity index (χ0) is 18.7. The number of hydrazone groups is 1. The van der Waals surface area contributed by atoms with Crippen LogP contribution < -0.4 is 5.43 Å². The monoisotopic (exact) mass is 348 g/mol. The van der Waals surface area contributed by atoms with E-state index in [1.807, 2.05) is 32.1 Å². The zero-order valence-electron chi connectivity index (χ0n) is 14.0. The van der Waals surface area contributed by atoms with Crippen LogP contribution in [0.25, 0.3) is 0 Å². The van der Waals surface area contributed by atoms with E-state index in [-0.39, 0.29) is 17.5 Å². The first-order chi connectivity index (χ1) is 12.0. The molecule has 0 spiro atoms. The fourth-order valence-corrected chi connectivity index (χ4v) is 1.93. The molecule has 1 aromatic carbocycles. The van der Waals surface area contributed by atoms with Gasteiger partial charge in [0, 0.05) is 18.9 Å². The van der Waals surface area contributed by atoms with Crippen LogP contribution in [0.15, 0.2) is 47.6 Å². The van der Waals surface area contributed by atoms with E-state index >= 15 is 0 Å². The largest absolute Gasteiger partial charge is 0.374 e. The van der Waals surface area contributed by atoms with Gasteiger partial charge in [0.2, 0.25) is 0 Å². The van der Waals surface area contributed by atoms with Crippen molar-refractivity contribution >= 4 is 23.3 Å². The summed E-state index contributed by atoms with van der Waals surface area (Å²) in [6.07, 6.45) is 9.49. The molecule has 0 saturated carbocycles. The first-order valence-electron chi connectivity index (χ1n) is 7.61. The van der Waals surface area contributed by atoms with Gasteiger partial charge in [0.05, 0.1) is 22.0 Å². The number of nitro groups is 2. The van der Waals surface area contributed by atoms with Gasteiger partial charge in [0.1, 0.15) is 5.69 Å². The molecule has 25 heavy (non-hydrogen) atoms. The predicted octanol–water partition coefficient (Wildman–Crippen LogP) is 3.83. The molecule has 0 amide bonds. The van der Waals surface area contributed by atoms with E-state index < -0.39 is 15.5 Å². The Balaban J connectivity index is 2.68. The maximum absolute atomic E-state index is 11.0. The van der Waals surface area contributed by atoms with Gasteiger partial charge in [-0.3, -0.25) is 25.7 Å². The molecule has 0 bridgehead atoms. The van der Waals surface area contributed by atoms with Crippen molar-refractivity contribution < 1.29 is 14.6 Å². The van der Waals surface area contributed by atoms with Crippen molar-refractivity contribution in [2.24, 2.45) is 5.10 Å². The van der Waals surface area contributed by atoms with Crippen molar-refractivity contribution in [3.05, 3.63) is 62.7 Å². The molecule has 0 aliphatic rings. The Hall–Kier alpha value is -3.07. The molecule has 0 unspecified atom stereocenters. The lowest BCUT2D eigenvalue weighted by molar-refractivity contribution is -0.393. The van der Waals surface area contributed by atoms with Crippen molar-refractivity contribution in [2.45, 2.75) is 26.4 Å². The summed E-state index contributed by atoms with van der Waals surface area (Å²) in [5.74, 6) is 0. The maximum Gasteiger partial charge on any atom is 0.301 e. The quantitative estimate of drug-likeness (QED) is 0.297. The third kappa shape index (κ3) is 6.92. The van der Waals surface area contributed by atoms with E-state index in [0.717, 1.165) is 6.07 Å². The summed E-state index contributed by atoms with van der Waals surface area (Å²) in [4.78, 5) is 20.3. The number of ether oxygens (including phenoxy) is 1. The normalized spacial score (nSPS) is 12.9. The molecule has 1 aromatic rings. The Morgan fingerprint density at radius 1 is 1.32 bits per heavy atom. The molecule has 134 valence electrons. The number of nitrogens with one attached hydrogen (secondary N) is 1. The molecule has 1 N–H and O–H groups in total. The number of rotatable bonds is 10. The predicted molar refractivity (Wildman–Crippen MR) is 95.9 cm³/mol. The molecule has 0 heterocycles. The maximum atomic E-state index is 11.0. The number of non-ortho nitro benzene ring substituents is 1. The van der Waals surface area contributed by atoms with Crippen LogP contribution in [0.1, 0.15) is 20.3 Å². The molecule has 1 rings (SSSR count). The number of hydrogen-bond donors (Lipinski definition) is 1. The van der Waals surface area contributed by atoms with Crippen LogP contribution in [0.4, 0.5) is 17.1 Å². The Bertz CT molecular complexity index is 685. The fraction of sp³-hybridized carbons (Fsp3) is 0.312. The fourth-order valence-electron chi connectivity index (χ4n) is 1.93. The van der Waals surface area contributed by atoms with E-state index in [2.05, 4.69) is 10.5 Å². The Morgan fingerprint density at radius 3 is 2.68 bits per heavy atom. The lowest BCUT2D eigenvalue weighted by atomic mass is 10.2. The van der Waals surface area contributed by atoms with Gasteiger partial charge >= 0.3 is 5.69 Å². The number of nitrogens with zero attached hydrogens (tertiary/aromatic N) is 3. The Kier molecular flexibility index (Phi) is 8.52. The van der Waals surface area contributed by atoms with Gasteiger partial charge in [-0.1, -0.05) is 18.2 Å². The van der Waals surface area contributed by atoms with E-state index in [1.165, 1.54) is 18.3 Å². The van der Waals surface area contributed by atoms with E-state index in [0.29, 0.717) is 13.0 Å². The summed E-state index contributed by atoms with van der Waals surface area (Å²) in [6.45, 7) is 4.45. The first kappa shape index (κ1) is 20.0. The minimum Gasteiger partial charge on any atom is -0.374 e. The van der Waals surface area contributed by atoms with Crippen LogP contribution in [0.5, 0.6) is 0 Å². The van der Waals surface area contributed by atoms with Crippen LogP contribution in [-0.4, -0.2) is 28.8 Å². The smallest absolute Gasteiger partial charge is 0.301 e. The second-order valence-corrected chi connectivity index (χ2v) is 4.79. The van der Waals surface area contributed by atoms with Crippen LogP contribution in [0.2, 0.25) is 0 Å². The second kappa shape index (κ2) is 10.7. The zero-order valence-corrected chi connectivity index (χ0v) is 14.0. The van der Waals surface area contributed by atoms with Crippen LogP contribution >= 0.6 is 0 Å². The molecular formula is C16H20N4O5.